The Kier molecular flexibility index (Phi) is 5.65. The van der Waals surface area contributed by atoms with Crippen LogP contribution < -0.4 is 5.32 Å². The van der Waals surface area contributed by atoms with Gasteiger partial charge in [-0.1, -0.05) is 12.1 Å². The van der Waals surface area contributed by atoms with Crippen molar-refractivity contribution in [2.75, 3.05) is 13.2 Å². The van der Waals surface area contributed by atoms with Gasteiger partial charge in [0.1, 0.15) is 18.1 Å². The maximum absolute atomic E-state index is 9.44. The van der Waals surface area contributed by atoms with Crippen molar-refractivity contribution in [2.24, 2.45) is 0 Å². The van der Waals surface area contributed by atoms with Crippen LogP contribution in [-0.2, 0) is 11.3 Å². The molecular weight excluding hydrogens is 254 g/mol. The van der Waals surface area contributed by atoms with Crippen molar-refractivity contribution in [2.45, 2.75) is 26.0 Å². The molecule has 0 aliphatic carbocycles. The summed E-state index contributed by atoms with van der Waals surface area (Å²) < 4.78 is 10.7. The van der Waals surface area contributed by atoms with Gasteiger partial charge in [0.25, 0.3) is 0 Å². The number of benzene rings is 1. The Bertz CT molecular complexity index is 496. The van der Waals surface area contributed by atoms with Gasteiger partial charge in [-0.05, 0) is 49.7 Å². The summed E-state index contributed by atoms with van der Waals surface area (Å²) in [5.41, 5.74) is 1.08. The van der Waals surface area contributed by atoms with Gasteiger partial charge >= 0.3 is 0 Å². The van der Waals surface area contributed by atoms with E-state index in [0.29, 0.717) is 19.0 Å². The minimum absolute atomic E-state index is 0.215. The predicted octanol–water partition coefficient (Wildman–Crippen LogP) is 3.24. The predicted molar refractivity (Wildman–Crippen MR) is 77.5 cm³/mol. The van der Waals surface area contributed by atoms with Crippen molar-refractivity contribution >= 4 is 0 Å². The summed E-state index contributed by atoms with van der Waals surface area (Å²) in [6, 6.07) is 11.3. The van der Waals surface area contributed by atoms with Crippen LogP contribution >= 0.6 is 0 Å². The third-order valence-electron chi connectivity index (χ3n) is 3.11. The highest BCUT2D eigenvalue weighted by Gasteiger charge is 2.04. The van der Waals surface area contributed by atoms with Gasteiger partial charge in [-0.2, -0.15) is 0 Å². The molecule has 0 aliphatic rings. The molecule has 108 valence electrons. The summed E-state index contributed by atoms with van der Waals surface area (Å²) in [4.78, 5) is 0. The number of furan rings is 1. The van der Waals surface area contributed by atoms with Gasteiger partial charge in [0.05, 0.1) is 6.26 Å². The average Bonchev–Trinajstić information content (AvgIpc) is 2.95. The molecule has 0 saturated heterocycles. The van der Waals surface area contributed by atoms with E-state index in [2.05, 4.69) is 12.2 Å². The van der Waals surface area contributed by atoms with E-state index in [1.165, 1.54) is 0 Å². The maximum Gasteiger partial charge on any atom is 0.129 e. The molecule has 1 aromatic heterocycles. The van der Waals surface area contributed by atoms with Gasteiger partial charge < -0.3 is 19.6 Å². The Balaban J connectivity index is 1.58. The highest BCUT2D eigenvalue weighted by Crippen LogP contribution is 2.17. The zero-order chi connectivity index (χ0) is 14.2. The van der Waals surface area contributed by atoms with Crippen LogP contribution in [0, 0.1) is 0 Å². The van der Waals surface area contributed by atoms with Crippen molar-refractivity contribution in [1.29, 1.82) is 0 Å². The van der Waals surface area contributed by atoms with Gasteiger partial charge in [0.15, 0.2) is 0 Å². The first-order valence-corrected chi connectivity index (χ1v) is 6.88. The van der Waals surface area contributed by atoms with E-state index < -0.39 is 0 Å². The second-order valence-electron chi connectivity index (χ2n) is 4.76. The van der Waals surface area contributed by atoms with Crippen LogP contribution in [0.15, 0.2) is 47.1 Å². The molecule has 1 aromatic carbocycles. The first kappa shape index (κ1) is 14.6. The minimum atomic E-state index is 0.215. The summed E-state index contributed by atoms with van der Waals surface area (Å²) in [5, 5.41) is 12.8. The summed E-state index contributed by atoms with van der Waals surface area (Å²) in [6.45, 7) is 4.17. The fourth-order valence-corrected chi connectivity index (χ4v) is 1.97. The van der Waals surface area contributed by atoms with E-state index in [1.54, 1.807) is 18.4 Å². The summed E-state index contributed by atoms with van der Waals surface area (Å²) >= 11 is 0. The SMILES string of the molecule is CC(NCCCOCc1ccco1)c1cccc(O)c1. The summed E-state index contributed by atoms with van der Waals surface area (Å²) in [5.74, 6) is 1.16. The standard InChI is InChI=1S/C16H21NO3/c1-13(14-5-2-6-15(18)11-14)17-8-4-9-19-12-16-7-3-10-20-16/h2-3,5-7,10-11,13,17-18H,4,8-9,12H2,1H3. The second-order valence-corrected chi connectivity index (χ2v) is 4.76. The lowest BCUT2D eigenvalue weighted by Gasteiger charge is -2.14. The van der Waals surface area contributed by atoms with Crippen LogP contribution in [0.4, 0.5) is 0 Å². The van der Waals surface area contributed by atoms with Crippen LogP contribution in [0.25, 0.3) is 0 Å². The fraction of sp³-hybridized carbons (Fsp3) is 0.375. The smallest absolute Gasteiger partial charge is 0.129 e. The molecule has 0 fully saturated rings. The normalized spacial score (nSPS) is 12.4. The molecule has 1 unspecified atom stereocenters. The molecule has 0 saturated carbocycles. The number of hydrogen-bond donors (Lipinski definition) is 2. The van der Waals surface area contributed by atoms with Crippen molar-refractivity contribution in [1.82, 2.24) is 5.32 Å². The van der Waals surface area contributed by atoms with Crippen LogP contribution in [0.3, 0.4) is 0 Å². The van der Waals surface area contributed by atoms with Gasteiger partial charge in [-0.15, -0.1) is 0 Å². The molecule has 0 spiro atoms. The molecule has 0 aliphatic heterocycles. The number of phenols is 1. The van der Waals surface area contributed by atoms with Gasteiger partial charge in [0, 0.05) is 12.6 Å². The topological polar surface area (TPSA) is 54.6 Å². The van der Waals surface area contributed by atoms with Gasteiger partial charge in [-0.25, -0.2) is 0 Å². The zero-order valence-corrected chi connectivity index (χ0v) is 11.7. The Morgan fingerprint density at radius 3 is 2.95 bits per heavy atom. The quantitative estimate of drug-likeness (QED) is 0.726. The molecule has 1 heterocycles. The Morgan fingerprint density at radius 1 is 1.30 bits per heavy atom. The molecule has 2 N–H and O–H groups in total. The monoisotopic (exact) mass is 275 g/mol. The number of ether oxygens (including phenoxy) is 1. The van der Waals surface area contributed by atoms with E-state index in [-0.39, 0.29) is 6.04 Å². The first-order chi connectivity index (χ1) is 9.75. The first-order valence-electron chi connectivity index (χ1n) is 6.88. The molecule has 4 heteroatoms. The highest BCUT2D eigenvalue weighted by molar-refractivity contribution is 5.28. The molecule has 20 heavy (non-hydrogen) atoms. The maximum atomic E-state index is 9.44. The van der Waals surface area contributed by atoms with E-state index >= 15 is 0 Å². The van der Waals surface area contributed by atoms with Gasteiger partial charge in [-0.3, -0.25) is 0 Å². The average molecular weight is 275 g/mol. The lowest BCUT2D eigenvalue weighted by atomic mass is 10.1. The van der Waals surface area contributed by atoms with E-state index in [4.69, 9.17) is 9.15 Å². The molecule has 0 amide bonds. The summed E-state index contributed by atoms with van der Waals surface area (Å²) in [6.07, 6.45) is 2.58. The lowest BCUT2D eigenvalue weighted by Crippen LogP contribution is -2.20. The summed E-state index contributed by atoms with van der Waals surface area (Å²) in [7, 11) is 0. The van der Waals surface area contributed by atoms with E-state index in [1.807, 2.05) is 24.3 Å². The molecule has 2 rings (SSSR count). The van der Waals surface area contributed by atoms with E-state index in [0.717, 1.165) is 24.3 Å². The Labute approximate surface area is 119 Å². The van der Waals surface area contributed by atoms with Crippen molar-refractivity contribution in [3.05, 3.63) is 54.0 Å². The van der Waals surface area contributed by atoms with Gasteiger partial charge in [0.2, 0.25) is 0 Å². The molecule has 0 radical (unpaired) electrons. The second kappa shape index (κ2) is 7.72. The highest BCUT2D eigenvalue weighted by atomic mass is 16.5. The molecule has 4 nitrogen and oxygen atoms in total. The number of rotatable bonds is 8. The number of hydrogen-bond acceptors (Lipinski definition) is 4. The van der Waals surface area contributed by atoms with Crippen LogP contribution in [0.1, 0.15) is 30.7 Å². The minimum Gasteiger partial charge on any atom is -0.508 e. The molecule has 1 atom stereocenters. The Morgan fingerprint density at radius 2 is 2.20 bits per heavy atom. The number of phenolic OH excluding ortho intramolecular Hbond substituents is 1. The van der Waals surface area contributed by atoms with Crippen LogP contribution in [-0.4, -0.2) is 18.3 Å². The zero-order valence-electron chi connectivity index (χ0n) is 11.7. The van der Waals surface area contributed by atoms with Crippen LogP contribution in [0.2, 0.25) is 0 Å². The van der Waals surface area contributed by atoms with E-state index in [9.17, 15) is 5.11 Å². The van der Waals surface area contributed by atoms with Crippen molar-refractivity contribution < 1.29 is 14.3 Å². The third-order valence-corrected chi connectivity index (χ3v) is 3.11. The molecule has 2 aromatic rings. The van der Waals surface area contributed by atoms with Crippen LogP contribution in [0.5, 0.6) is 5.75 Å². The Hall–Kier alpha value is -1.78. The third kappa shape index (κ3) is 4.72. The van der Waals surface area contributed by atoms with Crippen molar-refractivity contribution in [3.63, 3.8) is 0 Å². The number of aromatic hydroxyl groups is 1. The van der Waals surface area contributed by atoms with Crippen molar-refractivity contribution in [3.8, 4) is 5.75 Å². The fourth-order valence-electron chi connectivity index (χ4n) is 1.97. The lowest BCUT2D eigenvalue weighted by molar-refractivity contribution is 0.104. The largest absolute Gasteiger partial charge is 0.508 e. The number of nitrogens with one attached hydrogen (secondary N) is 1. The molecule has 0 bridgehead atoms. The molecular formula is C16H21NO3.